The molecule has 0 aliphatic carbocycles. The molecule has 0 fully saturated rings. The van der Waals surface area contributed by atoms with Crippen molar-refractivity contribution in [1.29, 1.82) is 0 Å². The molecule has 0 amide bonds. The standard InChI is InChI=1S/C13H17ClFN3/c1-8(2)4-3-5-18-12-7-10(15)9(14)6-11(12)17-13(18)16/h6-8H,3-5H2,1-2H3,(H2,16,17). The molecule has 1 heterocycles. The third-order valence-electron chi connectivity index (χ3n) is 2.98. The van der Waals surface area contributed by atoms with Crippen LogP contribution in [-0.2, 0) is 6.54 Å². The number of anilines is 1. The average Bonchev–Trinajstić information content (AvgIpc) is 2.56. The molecule has 0 spiro atoms. The first-order chi connectivity index (χ1) is 8.49. The summed E-state index contributed by atoms with van der Waals surface area (Å²) in [4.78, 5) is 4.20. The van der Waals surface area contributed by atoms with Crippen LogP contribution in [0.2, 0.25) is 5.02 Å². The summed E-state index contributed by atoms with van der Waals surface area (Å²) in [6.45, 7) is 5.10. The number of benzene rings is 1. The van der Waals surface area contributed by atoms with Gasteiger partial charge in [-0.2, -0.15) is 0 Å². The number of halogens is 2. The number of imidazole rings is 1. The summed E-state index contributed by atoms with van der Waals surface area (Å²) >= 11 is 5.73. The first kappa shape index (κ1) is 13.1. The number of rotatable bonds is 4. The van der Waals surface area contributed by atoms with Gasteiger partial charge in [-0.15, -0.1) is 0 Å². The maximum absolute atomic E-state index is 13.5. The van der Waals surface area contributed by atoms with Gasteiger partial charge in [-0.1, -0.05) is 25.4 Å². The van der Waals surface area contributed by atoms with Crippen LogP contribution in [0.15, 0.2) is 12.1 Å². The van der Waals surface area contributed by atoms with E-state index in [-0.39, 0.29) is 5.02 Å². The second kappa shape index (κ2) is 5.14. The minimum atomic E-state index is -0.436. The van der Waals surface area contributed by atoms with Gasteiger partial charge in [0.25, 0.3) is 0 Å². The smallest absolute Gasteiger partial charge is 0.201 e. The zero-order valence-electron chi connectivity index (χ0n) is 10.6. The molecule has 2 N–H and O–H groups in total. The second-order valence-corrected chi connectivity index (χ2v) is 5.32. The van der Waals surface area contributed by atoms with Crippen molar-refractivity contribution in [1.82, 2.24) is 9.55 Å². The van der Waals surface area contributed by atoms with E-state index in [0.717, 1.165) is 19.4 Å². The number of aryl methyl sites for hydroxylation is 1. The number of nitrogens with two attached hydrogens (primary N) is 1. The largest absolute Gasteiger partial charge is 0.369 e. The lowest BCUT2D eigenvalue weighted by molar-refractivity contribution is 0.518. The third-order valence-corrected chi connectivity index (χ3v) is 3.27. The molecular formula is C13H17ClFN3. The zero-order valence-corrected chi connectivity index (χ0v) is 11.3. The number of fused-ring (bicyclic) bond motifs is 1. The van der Waals surface area contributed by atoms with Gasteiger partial charge in [0.2, 0.25) is 5.95 Å². The van der Waals surface area contributed by atoms with Crippen LogP contribution in [0.1, 0.15) is 26.7 Å². The van der Waals surface area contributed by atoms with Crippen molar-refractivity contribution >= 4 is 28.6 Å². The van der Waals surface area contributed by atoms with E-state index in [0.29, 0.717) is 22.9 Å². The number of nitrogen functional groups attached to an aromatic ring is 1. The maximum atomic E-state index is 13.5. The van der Waals surface area contributed by atoms with Crippen molar-refractivity contribution in [2.75, 3.05) is 5.73 Å². The number of nitrogens with zero attached hydrogens (tertiary/aromatic N) is 2. The van der Waals surface area contributed by atoms with E-state index in [1.165, 1.54) is 12.1 Å². The quantitative estimate of drug-likeness (QED) is 0.916. The predicted octanol–water partition coefficient (Wildman–Crippen LogP) is 3.85. The molecule has 2 rings (SSSR count). The van der Waals surface area contributed by atoms with E-state index < -0.39 is 5.82 Å². The Labute approximate surface area is 111 Å². The van der Waals surface area contributed by atoms with Crippen molar-refractivity contribution in [3.05, 3.63) is 23.0 Å². The SMILES string of the molecule is CC(C)CCCn1c(N)nc2cc(Cl)c(F)cc21. The van der Waals surface area contributed by atoms with E-state index in [2.05, 4.69) is 18.8 Å². The Hall–Kier alpha value is -1.29. The highest BCUT2D eigenvalue weighted by atomic mass is 35.5. The van der Waals surface area contributed by atoms with Gasteiger partial charge < -0.3 is 10.3 Å². The highest BCUT2D eigenvalue weighted by Crippen LogP contribution is 2.25. The second-order valence-electron chi connectivity index (χ2n) is 4.91. The fraction of sp³-hybridized carbons (Fsp3) is 0.462. The normalized spacial score (nSPS) is 11.6. The van der Waals surface area contributed by atoms with Crippen LogP contribution in [0, 0.1) is 11.7 Å². The average molecular weight is 270 g/mol. The van der Waals surface area contributed by atoms with E-state index in [1.54, 1.807) is 0 Å². The molecule has 0 aliphatic heterocycles. The minimum Gasteiger partial charge on any atom is -0.369 e. The fourth-order valence-electron chi connectivity index (χ4n) is 2.03. The highest BCUT2D eigenvalue weighted by Gasteiger charge is 2.11. The first-order valence-corrected chi connectivity index (χ1v) is 6.47. The molecule has 5 heteroatoms. The first-order valence-electron chi connectivity index (χ1n) is 6.09. The van der Waals surface area contributed by atoms with Crippen LogP contribution in [0.4, 0.5) is 10.3 Å². The molecule has 0 saturated carbocycles. The molecule has 3 nitrogen and oxygen atoms in total. The van der Waals surface area contributed by atoms with Gasteiger partial charge >= 0.3 is 0 Å². The van der Waals surface area contributed by atoms with Crippen LogP contribution in [0.25, 0.3) is 11.0 Å². The lowest BCUT2D eigenvalue weighted by atomic mass is 10.1. The molecule has 0 aliphatic rings. The van der Waals surface area contributed by atoms with Gasteiger partial charge in [-0.25, -0.2) is 9.37 Å². The van der Waals surface area contributed by atoms with Crippen molar-refractivity contribution in [2.24, 2.45) is 5.92 Å². The molecule has 0 radical (unpaired) electrons. The fourth-order valence-corrected chi connectivity index (χ4v) is 2.19. The van der Waals surface area contributed by atoms with Crippen LogP contribution in [-0.4, -0.2) is 9.55 Å². The van der Waals surface area contributed by atoms with Gasteiger partial charge in [-0.05, 0) is 24.8 Å². The topological polar surface area (TPSA) is 43.8 Å². The summed E-state index contributed by atoms with van der Waals surface area (Å²) in [7, 11) is 0. The molecule has 1 aromatic heterocycles. The summed E-state index contributed by atoms with van der Waals surface area (Å²) in [5.41, 5.74) is 7.21. The Morgan fingerprint density at radius 3 is 2.83 bits per heavy atom. The Bertz CT molecular complexity index is 563. The van der Waals surface area contributed by atoms with Crippen molar-refractivity contribution in [2.45, 2.75) is 33.2 Å². The van der Waals surface area contributed by atoms with Crippen LogP contribution in [0.3, 0.4) is 0 Å². The van der Waals surface area contributed by atoms with Gasteiger partial charge in [0.05, 0.1) is 16.1 Å². The lowest BCUT2D eigenvalue weighted by Crippen LogP contribution is -2.04. The lowest BCUT2D eigenvalue weighted by Gasteiger charge is -2.08. The summed E-state index contributed by atoms with van der Waals surface area (Å²) in [5.74, 6) is 0.622. The number of hydrogen-bond acceptors (Lipinski definition) is 2. The summed E-state index contributed by atoms with van der Waals surface area (Å²) < 4.78 is 15.3. The molecule has 18 heavy (non-hydrogen) atoms. The molecule has 1 aromatic carbocycles. The summed E-state index contributed by atoms with van der Waals surface area (Å²) in [6, 6.07) is 2.91. The zero-order chi connectivity index (χ0) is 13.3. The van der Waals surface area contributed by atoms with E-state index in [1.807, 2.05) is 4.57 Å². The van der Waals surface area contributed by atoms with E-state index >= 15 is 0 Å². The molecule has 0 saturated heterocycles. The summed E-state index contributed by atoms with van der Waals surface area (Å²) in [6.07, 6.45) is 2.10. The van der Waals surface area contributed by atoms with Crippen molar-refractivity contribution < 1.29 is 4.39 Å². The number of hydrogen-bond donors (Lipinski definition) is 1. The van der Waals surface area contributed by atoms with Crippen LogP contribution < -0.4 is 5.73 Å². The predicted molar refractivity (Wildman–Crippen MR) is 73.2 cm³/mol. The molecule has 0 unspecified atom stereocenters. The monoisotopic (exact) mass is 269 g/mol. The summed E-state index contributed by atoms with van der Waals surface area (Å²) in [5, 5.41) is 0.0781. The van der Waals surface area contributed by atoms with E-state index in [9.17, 15) is 4.39 Å². The van der Waals surface area contributed by atoms with Crippen molar-refractivity contribution in [3.8, 4) is 0 Å². The van der Waals surface area contributed by atoms with Gasteiger partial charge in [0, 0.05) is 12.6 Å². The van der Waals surface area contributed by atoms with Crippen molar-refractivity contribution in [3.63, 3.8) is 0 Å². The van der Waals surface area contributed by atoms with Crippen LogP contribution >= 0.6 is 11.6 Å². The molecule has 2 aromatic rings. The highest BCUT2D eigenvalue weighted by molar-refractivity contribution is 6.31. The van der Waals surface area contributed by atoms with Gasteiger partial charge in [0.15, 0.2) is 0 Å². The number of aromatic nitrogens is 2. The molecular weight excluding hydrogens is 253 g/mol. The van der Waals surface area contributed by atoms with Crippen LogP contribution in [0.5, 0.6) is 0 Å². The van der Waals surface area contributed by atoms with Gasteiger partial charge in [-0.3, -0.25) is 0 Å². The Balaban J connectivity index is 2.31. The molecule has 0 atom stereocenters. The van der Waals surface area contributed by atoms with Gasteiger partial charge in [0.1, 0.15) is 5.82 Å². The third kappa shape index (κ3) is 2.58. The maximum Gasteiger partial charge on any atom is 0.201 e. The molecule has 98 valence electrons. The molecule has 0 bridgehead atoms. The van der Waals surface area contributed by atoms with E-state index in [4.69, 9.17) is 17.3 Å². The minimum absolute atomic E-state index is 0.0781. The Kier molecular flexibility index (Phi) is 3.76. The Morgan fingerprint density at radius 1 is 1.44 bits per heavy atom. The Morgan fingerprint density at radius 2 is 2.17 bits per heavy atom.